The maximum Gasteiger partial charge on any atom is 0.281 e. The number of aromatic nitrogens is 1. The minimum absolute atomic E-state index is 0.0566. The quantitative estimate of drug-likeness (QED) is 0.458. The van der Waals surface area contributed by atoms with Crippen molar-refractivity contribution in [2.45, 2.75) is 0 Å². The van der Waals surface area contributed by atoms with Crippen molar-refractivity contribution >= 4 is 27.7 Å². The highest BCUT2D eigenvalue weighted by Gasteiger charge is 2.39. The molecule has 2 aromatic heterocycles. The zero-order chi connectivity index (χ0) is 13.0. The highest BCUT2D eigenvalue weighted by Crippen LogP contribution is 2.29. The van der Waals surface area contributed by atoms with E-state index in [1.807, 2.05) is 24.4 Å². The van der Waals surface area contributed by atoms with Gasteiger partial charge >= 0.3 is 0 Å². The summed E-state index contributed by atoms with van der Waals surface area (Å²) in [7, 11) is 0. The van der Waals surface area contributed by atoms with Gasteiger partial charge in [-0.2, -0.15) is 0 Å². The largest absolute Gasteiger partial charge is 0.287 e. The van der Waals surface area contributed by atoms with Gasteiger partial charge in [-0.1, -0.05) is 35.6 Å². The van der Waals surface area contributed by atoms with Crippen molar-refractivity contribution in [1.82, 2.24) is 0 Å². The molecule has 0 amide bonds. The Hall–Kier alpha value is -2.33. The fourth-order valence-electron chi connectivity index (χ4n) is 2.45. The molecule has 1 aliphatic rings. The van der Waals surface area contributed by atoms with Crippen molar-refractivity contribution in [3.8, 4) is 0 Å². The van der Waals surface area contributed by atoms with Gasteiger partial charge in [0, 0.05) is 23.3 Å². The van der Waals surface area contributed by atoms with E-state index in [2.05, 4.69) is 0 Å². The number of nitrogens with zero attached hydrogens (tertiary/aromatic N) is 1. The van der Waals surface area contributed by atoms with Gasteiger partial charge in [-0.3, -0.25) is 9.59 Å². The second kappa shape index (κ2) is 3.59. The third-order valence-electron chi connectivity index (χ3n) is 3.32. The molecule has 4 heteroatoms. The monoisotopic (exact) mass is 266 g/mol. The summed E-state index contributed by atoms with van der Waals surface area (Å²) in [6.45, 7) is 0. The molecule has 0 atom stereocenters. The second-order valence-corrected chi connectivity index (χ2v) is 5.42. The van der Waals surface area contributed by atoms with Crippen molar-refractivity contribution in [3.63, 3.8) is 0 Å². The molecule has 0 saturated carbocycles. The van der Waals surface area contributed by atoms with Crippen LogP contribution in [-0.4, -0.2) is 11.6 Å². The molecule has 3 nitrogen and oxygen atoms in total. The first-order valence-corrected chi connectivity index (χ1v) is 6.70. The average Bonchev–Trinajstić information content (AvgIpc) is 2.84. The zero-order valence-corrected chi connectivity index (χ0v) is 10.6. The summed E-state index contributed by atoms with van der Waals surface area (Å²) in [6, 6.07) is 12.7. The Morgan fingerprint density at radius 3 is 2.32 bits per heavy atom. The predicted octanol–water partition coefficient (Wildman–Crippen LogP) is 2.26. The molecule has 0 unspecified atom stereocenters. The van der Waals surface area contributed by atoms with Crippen LogP contribution in [0.25, 0.3) is 4.83 Å². The molecule has 19 heavy (non-hydrogen) atoms. The molecule has 0 radical (unpaired) electrons. The molecule has 0 bridgehead atoms. The van der Waals surface area contributed by atoms with Gasteiger partial charge in [0.1, 0.15) is 0 Å². The molecule has 0 N–H and O–H groups in total. The lowest BCUT2D eigenvalue weighted by Gasteiger charge is -2.09. The maximum atomic E-state index is 12.6. The molecule has 1 aromatic carbocycles. The number of fused-ring (bicyclic) bond motifs is 4. The van der Waals surface area contributed by atoms with Gasteiger partial charge in [0.25, 0.3) is 16.3 Å². The summed E-state index contributed by atoms with van der Waals surface area (Å²) >= 11 is 1.37. The van der Waals surface area contributed by atoms with Crippen LogP contribution in [-0.2, 0) is 0 Å². The second-order valence-electron chi connectivity index (χ2n) is 4.39. The molecule has 2 heterocycles. The van der Waals surface area contributed by atoms with Gasteiger partial charge in [0.15, 0.2) is 11.1 Å². The van der Waals surface area contributed by atoms with Gasteiger partial charge < -0.3 is 0 Å². The SMILES string of the molecule is O=C1c2ccccc2C(=O)c2c1sc1cccc[n+]21. The first-order valence-electron chi connectivity index (χ1n) is 5.89. The molecule has 90 valence electrons. The smallest absolute Gasteiger partial charge is 0.281 e. The molecule has 3 aromatic rings. The summed E-state index contributed by atoms with van der Waals surface area (Å²) in [5.74, 6) is -0.133. The van der Waals surface area contributed by atoms with Crippen molar-refractivity contribution in [2.75, 3.05) is 0 Å². The number of carbonyl (C=O) groups excluding carboxylic acids is 2. The molecule has 1 aliphatic carbocycles. The van der Waals surface area contributed by atoms with Crippen LogP contribution in [0.2, 0.25) is 0 Å². The lowest BCUT2D eigenvalue weighted by Crippen LogP contribution is -2.32. The lowest BCUT2D eigenvalue weighted by molar-refractivity contribution is -0.510. The molecule has 0 fully saturated rings. The van der Waals surface area contributed by atoms with Crippen LogP contribution >= 0.6 is 11.3 Å². The van der Waals surface area contributed by atoms with Crippen molar-refractivity contribution < 1.29 is 14.0 Å². The molecular formula is C15H8NO2S+. The number of hydrogen-bond donors (Lipinski definition) is 0. The number of pyridine rings is 1. The number of rotatable bonds is 0. The van der Waals surface area contributed by atoms with Crippen molar-refractivity contribution in [3.05, 3.63) is 70.4 Å². The van der Waals surface area contributed by atoms with Gasteiger partial charge in [0.05, 0.1) is 0 Å². The van der Waals surface area contributed by atoms with Crippen LogP contribution in [0.4, 0.5) is 0 Å². The zero-order valence-electron chi connectivity index (χ0n) is 9.79. The van der Waals surface area contributed by atoms with Gasteiger partial charge in [-0.25, -0.2) is 0 Å². The van der Waals surface area contributed by atoms with E-state index in [4.69, 9.17) is 0 Å². The Balaban J connectivity index is 2.14. The highest BCUT2D eigenvalue weighted by molar-refractivity contribution is 7.19. The number of ketones is 2. The summed E-state index contributed by atoms with van der Waals surface area (Å²) in [5, 5.41) is 0. The van der Waals surface area contributed by atoms with Crippen LogP contribution in [0.3, 0.4) is 0 Å². The normalized spacial score (nSPS) is 13.5. The minimum Gasteiger partial charge on any atom is -0.287 e. The van der Waals surface area contributed by atoms with Gasteiger partial charge in [-0.15, -0.1) is 4.40 Å². The van der Waals surface area contributed by atoms with E-state index in [9.17, 15) is 9.59 Å². The first kappa shape index (κ1) is 10.6. The van der Waals surface area contributed by atoms with Crippen molar-refractivity contribution in [1.29, 1.82) is 0 Å². The Morgan fingerprint density at radius 2 is 1.53 bits per heavy atom. The summed E-state index contributed by atoms with van der Waals surface area (Å²) in [5.41, 5.74) is 1.49. The first-order chi connectivity index (χ1) is 9.27. The number of hydrogen-bond acceptors (Lipinski definition) is 3. The molecule has 0 saturated heterocycles. The fourth-order valence-corrected chi connectivity index (χ4v) is 3.55. The van der Waals surface area contributed by atoms with Crippen LogP contribution in [0.5, 0.6) is 0 Å². The molecule has 4 rings (SSSR count). The van der Waals surface area contributed by atoms with Crippen LogP contribution in [0, 0.1) is 0 Å². The number of carbonyl (C=O) groups is 2. The third-order valence-corrected chi connectivity index (χ3v) is 4.45. The Labute approximate surface area is 112 Å². The minimum atomic E-state index is -0.0762. The third kappa shape index (κ3) is 1.29. The summed E-state index contributed by atoms with van der Waals surface area (Å²) < 4.78 is 1.80. The Kier molecular flexibility index (Phi) is 2.00. The molecule has 0 spiro atoms. The van der Waals surface area contributed by atoms with Crippen molar-refractivity contribution in [2.24, 2.45) is 0 Å². The van der Waals surface area contributed by atoms with Gasteiger partial charge in [-0.05, 0) is 6.07 Å². The molecule has 0 aliphatic heterocycles. The van der Waals surface area contributed by atoms with Crippen LogP contribution < -0.4 is 4.40 Å². The Morgan fingerprint density at radius 1 is 0.842 bits per heavy atom. The van der Waals surface area contributed by atoms with Crippen LogP contribution in [0.15, 0.2) is 48.7 Å². The summed E-state index contributed by atoms with van der Waals surface area (Å²) in [4.78, 5) is 26.5. The van der Waals surface area contributed by atoms with E-state index >= 15 is 0 Å². The number of benzene rings is 1. The topological polar surface area (TPSA) is 38.2 Å². The lowest BCUT2D eigenvalue weighted by atomic mass is 9.91. The predicted molar refractivity (Wildman–Crippen MR) is 70.8 cm³/mol. The van der Waals surface area contributed by atoms with E-state index in [0.29, 0.717) is 21.7 Å². The standard InChI is InChI=1S/C15H8NO2S/c17-13-9-5-1-2-6-10(9)14(18)15-12(13)16-8-4-3-7-11(16)19-15/h1-8H/q+1. The average molecular weight is 266 g/mol. The van der Waals surface area contributed by atoms with Crippen LogP contribution in [0.1, 0.15) is 31.3 Å². The van der Waals surface area contributed by atoms with E-state index < -0.39 is 0 Å². The fraction of sp³-hybridized carbons (Fsp3) is 0. The highest BCUT2D eigenvalue weighted by atomic mass is 32.1. The summed E-state index contributed by atoms with van der Waals surface area (Å²) in [6.07, 6.45) is 1.82. The van der Waals surface area contributed by atoms with E-state index in [1.54, 1.807) is 28.7 Å². The maximum absolute atomic E-state index is 12.6. The number of thiazole rings is 1. The van der Waals surface area contributed by atoms with E-state index in [-0.39, 0.29) is 11.6 Å². The molecular weight excluding hydrogens is 258 g/mol. The van der Waals surface area contributed by atoms with E-state index in [1.165, 1.54) is 11.3 Å². The van der Waals surface area contributed by atoms with E-state index in [0.717, 1.165) is 4.83 Å². The Bertz CT molecular complexity index is 863. The van der Waals surface area contributed by atoms with Gasteiger partial charge in [0.2, 0.25) is 5.78 Å².